The lowest BCUT2D eigenvalue weighted by Gasteiger charge is -2.42. The number of hydrogen-bond donors (Lipinski definition) is 1. The quantitative estimate of drug-likeness (QED) is 0.622. The van der Waals surface area contributed by atoms with Crippen molar-refractivity contribution in [3.63, 3.8) is 0 Å². The highest BCUT2D eigenvalue weighted by atomic mass is 32.2. The van der Waals surface area contributed by atoms with E-state index in [0.29, 0.717) is 31.7 Å². The third-order valence-corrected chi connectivity index (χ3v) is 8.86. The number of rotatable bonds is 5. The highest BCUT2D eigenvalue weighted by molar-refractivity contribution is 7.89. The number of carbonyl (C=O) groups is 1. The highest BCUT2D eigenvalue weighted by Gasteiger charge is 2.39. The Labute approximate surface area is 190 Å². The van der Waals surface area contributed by atoms with Crippen LogP contribution in [-0.2, 0) is 27.8 Å². The summed E-state index contributed by atoms with van der Waals surface area (Å²) in [7, 11) is -3.67. The van der Waals surface area contributed by atoms with Gasteiger partial charge in [0.2, 0.25) is 15.9 Å². The molecule has 2 bridgehead atoms. The van der Waals surface area contributed by atoms with Gasteiger partial charge < -0.3 is 9.88 Å². The van der Waals surface area contributed by atoms with Crippen molar-refractivity contribution in [2.24, 2.45) is 5.92 Å². The Bertz CT molecular complexity index is 1300. The van der Waals surface area contributed by atoms with Gasteiger partial charge in [-0.1, -0.05) is 12.1 Å². The molecule has 3 aromatic rings. The predicted molar refractivity (Wildman–Crippen MR) is 123 cm³/mol. The van der Waals surface area contributed by atoms with Crippen LogP contribution in [0.3, 0.4) is 0 Å². The number of fused-ring (bicyclic) bond motifs is 4. The van der Waals surface area contributed by atoms with Crippen molar-refractivity contribution >= 4 is 33.0 Å². The fraction of sp³-hybridized carbons (Fsp3) is 0.304. The number of sulfonamides is 1. The predicted octanol–water partition coefficient (Wildman–Crippen LogP) is 2.90. The summed E-state index contributed by atoms with van der Waals surface area (Å²) >= 11 is 1.52. The van der Waals surface area contributed by atoms with Crippen molar-refractivity contribution in [1.29, 1.82) is 0 Å². The Kier molecular flexibility index (Phi) is 5.48. The second-order valence-electron chi connectivity index (χ2n) is 8.35. The Balaban J connectivity index is 1.31. The van der Waals surface area contributed by atoms with Crippen LogP contribution in [0.5, 0.6) is 0 Å². The Hall–Kier alpha value is -2.75. The molecule has 9 heteroatoms. The molecule has 2 aliphatic rings. The SMILES string of the molecule is O=C(Cc1cccs1)Nc1ccc(S(=O)(=O)N2C[C@H]3C[C@H](C2)c2cccc(=O)n2C3)cc1. The van der Waals surface area contributed by atoms with Crippen LogP contribution in [0.15, 0.2) is 69.7 Å². The van der Waals surface area contributed by atoms with Gasteiger partial charge in [0.15, 0.2) is 0 Å². The van der Waals surface area contributed by atoms with E-state index in [4.69, 9.17) is 0 Å². The van der Waals surface area contributed by atoms with Crippen molar-refractivity contribution in [1.82, 2.24) is 8.87 Å². The van der Waals surface area contributed by atoms with Gasteiger partial charge in [-0.3, -0.25) is 9.59 Å². The largest absolute Gasteiger partial charge is 0.326 e. The van der Waals surface area contributed by atoms with E-state index in [1.165, 1.54) is 15.6 Å². The van der Waals surface area contributed by atoms with E-state index in [1.54, 1.807) is 41.0 Å². The molecule has 0 saturated carbocycles. The first-order valence-electron chi connectivity index (χ1n) is 10.5. The van der Waals surface area contributed by atoms with Crippen LogP contribution in [0, 0.1) is 5.92 Å². The smallest absolute Gasteiger partial charge is 0.250 e. The minimum atomic E-state index is -3.67. The van der Waals surface area contributed by atoms with Crippen LogP contribution in [0.1, 0.15) is 22.9 Å². The van der Waals surface area contributed by atoms with Crippen molar-refractivity contribution in [3.8, 4) is 0 Å². The van der Waals surface area contributed by atoms with E-state index in [2.05, 4.69) is 5.32 Å². The monoisotopic (exact) mass is 469 g/mol. The van der Waals surface area contributed by atoms with E-state index < -0.39 is 10.0 Å². The number of pyridine rings is 1. The summed E-state index contributed by atoms with van der Waals surface area (Å²) in [6.45, 7) is 1.31. The van der Waals surface area contributed by atoms with E-state index >= 15 is 0 Å². The van der Waals surface area contributed by atoms with Gasteiger partial charge in [0.1, 0.15) is 0 Å². The molecule has 7 nitrogen and oxygen atoms in total. The minimum absolute atomic E-state index is 0.0157. The first-order valence-corrected chi connectivity index (χ1v) is 12.8. The van der Waals surface area contributed by atoms with Gasteiger partial charge in [-0.25, -0.2) is 8.42 Å². The molecule has 1 aromatic carbocycles. The van der Waals surface area contributed by atoms with Crippen LogP contribution in [-0.4, -0.2) is 36.3 Å². The first kappa shape index (κ1) is 21.1. The summed E-state index contributed by atoms with van der Waals surface area (Å²) in [4.78, 5) is 25.6. The van der Waals surface area contributed by atoms with Gasteiger partial charge in [-0.15, -0.1) is 11.3 Å². The van der Waals surface area contributed by atoms with E-state index in [0.717, 1.165) is 17.0 Å². The molecule has 1 saturated heterocycles. The van der Waals surface area contributed by atoms with Gasteiger partial charge in [0, 0.05) is 47.9 Å². The molecule has 1 N–H and O–H groups in total. The zero-order valence-corrected chi connectivity index (χ0v) is 18.9. The molecule has 2 atom stereocenters. The van der Waals surface area contributed by atoms with Crippen molar-refractivity contribution < 1.29 is 13.2 Å². The fourth-order valence-electron chi connectivity index (χ4n) is 4.68. The third kappa shape index (κ3) is 4.03. The average molecular weight is 470 g/mol. The molecule has 5 rings (SSSR count). The van der Waals surface area contributed by atoms with Crippen LogP contribution >= 0.6 is 11.3 Å². The second-order valence-corrected chi connectivity index (χ2v) is 11.3. The molecule has 32 heavy (non-hydrogen) atoms. The van der Waals surface area contributed by atoms with Crippen LogP contribution in [0.2, 0.25) is 0 Å². The highest BCUT2D eigenvalue weighted by Crippen LogP contribution is 2.37. The van der Waals surface area contributed by atoms with E-state index in [-0.39, 0.29) is 28.2 Å². The summed E-state index contributed by atoms with van der Waals surface area (Å²) in [6.07, 6.45) is 1.18. The lowest BCUT2D eigenvalue weighted by atomic mass is 9.84. The topological polar surface area (TPSA) is 88.5 Å². The third-order valence-electron chi connectivity index (χ3n) is 6.14. The summed E-state index contributed by atoms with van der Waals surface area (Å²) in [6, 6.07) is 15.4. The molecule has 2 aromatic heterocycles. The number of nitrogens with one attached hydrogen (secondary N) is 1. The van der Waals surface area contributed by atoms with Gasteiger partial charge in [0.25, 0.3) is 5.56 Å². The number of hydrogen-bond acceptors (Lipinski definition) is 5. The lowest BCUT2D eigenvalue weighted by molar-refractivity contribution is -0.115. The molecule has 0 spiro atoms. The number of amides is 1. The van der Waals surface area contributed by atoms with Crippen molar-refractivity contribution in [3.05, 3.63) is 80.9 Å². The maximum absolute atomic E-state index is 13.3. The molecule has 2 aliphatic heterocycles. The zero-order valence-electron chi connectivity index (χ0n) is 17.3. The van der Waals surface area contributed by atoms with Gasteiger partial charge >= 0.3 is 0 Å². The number of nitrogens with zero attached hydrogens (tertiary/aromatic N) is 2. The molecule has 0 radical (unpaired) electrons. The minimum Gasteiger partial charge on any atom is -0.326 e. The maximum atomic E-state index is 13.3. The number of benzene rings is 1. The normalized spacial score (nSPS) is 20.5. The number of anilines is 1. The molecule has 0 aliphatic carbocycles. The molecule has 1 fully saturated rings. The Morgan fingerprint density at radius 1 is 1.03 bits per heavy atom. The fourth-order valence-corrected chi connectivity index (χ4v) is 6.95. The maximum Gasteiger partial charge on any atom is 0.250 e. The molecule has 0 unspecified atom stereocenters. The van der Waals surface area contributed by atoms with E-state index in [9.17, 15) is 18.0 Å². The summed E-state index contributed by atoms with van der Waals surface area (Å²) in [5.74, 6) is -0.00486. The average Bonchev–Trinajstić information content (AvgIpc) is 3.27. The molecule has 4 heterocycles. The summed E-state index contributed by atoms with van der Waals surface area (Å²) in [5.41, 5.74) is 1.46. The van der Waals surface area contributed by atoms with Crippen molar-refractivity contribution in [2.45, 2.75) is 30.2 Å². The second kappa shape index (κ2) is 8.31. The van der Waals surface area contributed by atoms with Crippen LogP contribution < -0.4 is 10.9 Å². The first-order chi connectivity index (χ1) is 15.4. The molecule has 166 valence electrons. The Morgan fingerprint density at radius 3 is 2.59 bits per heavy atom. The summed E-state index contributed by atoms with van der Waals surface area (Å²) < 4.78 is 30.0. The lowest BCUT2D eigenvalue weighted by Crippen LogP contribution is -2.48. The van der Waals surface area contributed by atoms with E-state index in [1.807, 2.05) is 23.6 Å². The van der Waals surface area contributed by atoms with Crippen LogP contribution in [0.4, 0.5) is 5.69 Å². The number of carbonyl (C=O) groups excluding carboxylic acids is 1. The van der Waals surface area contributed by atoms with Gasteiger partial charge in [-0.2, -0.15) is 4.31 Å². The molecular weight excluding hydrogens is 446 g/mol. The summed E-state index contributed by atoms with van der Waals surface area (Å²) in [5, 5.41) is 4.74. The molecular formula is C23H23N3O4S2. The standard InChI is InChI=1S/C23H23N3O4S2/c27-22(12-19-3-2-10-31-19)24-18-6-8-20(9-7-18)32(29,30)25-13-16-11-17(15-25)21-4-1-5-23(28)26(21)14-16/h1-10,16-17H,11-15H2,(H,24,27)/t16-,17-/m1/s1. The van der Waals surface area contributed by atoms with Crippen molar-refractivity contribution in [2.75, 3.05) is 18.4 Å². The number of aromatic nitrogens is 1. The zero-order chi connectivity index (χ0) is 22.3. The van der Waals surface area contributed by atoms with Crippen LogP contribution in [0.25, 0.3) is 0 Å². The van der Waals surface area contributed by atoms with Gasteiger partial charge in [-0.05, 0) is 54.1 Å². The Morgan fingerprint density at radius 2 is 1.84 bits per heavy atom. The number of piperidine rings is 1. The number of thiophene rings is 1. The molecule has 1 amide bonds. The van der Waals surface area contributed by atoms with Gasteiger partial charge in [0.05, 0.1) is 11.3 Å².